The van der Waals surface area contributed by atoms with E-state index in [0.29, 0.717) is 17.4 Å². The molecule has 1 amide bonds. The number of aromatic nitrogens is 2. The van der Waals surface area contributed by atoms with E-state index in [0.717, 1.165) is 39.0 Å². The molecule has 1 aliphatic rings. The lowest BCUT2D eigenvalue weighted by molar-refractivity contribution is 0.0767. The number of amides is 1. The van der Waals surface area contributed by atoms with Gasteiger partial charge in [-0.05, 0) is 44.5 Å². The van der Waals surface area contributed by atoms with Gasteiger partial charge in [0.2, 0.25) is 0 Å². The van der Waals surface area contributed by atoms with E-state index in [2.05, 4.69) is 34.4 Å². The van der Waals surface area contributed by atoms with Crippen LogP contribution >= 0.6 is 0 Å². The van der Waals surface area contributed by atoms with Crippen LogP contribution in [0.2, 0.25) is 0 Å². The van der Waals surface area contributed by atoms with Crippen molar-refractivity contribution in [1.29, 1.82) is 0 Å². The van der Waals surface area contributed by atoms with E-state index in [1.54, 1.807) is 11.0 Å². The van der Waals surface area contributed by atoms with E-state index < -0.39 is 0 Å². The summed E-state index contributed by atoms with van der Waals surface area (Å²) in [5.74, 6) is 1.22. The van der Waals surface area contributed by atoms with Crippen LogP contribution in [0.5, 0.6) is 0 Å². The number of anilines is 1. The van der Waals surface area contributed by atoms with Crippen molar-refractivity contribution >= 4 is 11.7 Å². The zero-order valence-electron chi connectivity index (χ0n) is 13.2. The van der Waals surface area contributed by atoms with E-state index in [1.165, 1.54) is 0 Å². The first-order valence-corrected chi connectivity index (χ1v) is 7.61. The molecule has 1 saturated heterocycles. The standard InChI is InChI=1S/C15H25N5O/c1-4-8-16-14-6-5-13(17-18-14)15(21)20(3)11-12-7-9-19(2)10-12/h5-6,12H,4,7-11H2,1-3H3,(H,16,18). The van der Waals surface area contributed by atoms with Gasteiger partial charge in [-0.15, -0.1) is 10.2 Å². The predicted molar refractivity (Wildman–Crippen MR) is 83.4 cm³/mol. The molecule has 1 unspecified atom stereocenters. The average Bonchev–Trinajstić information content (AvgIpc) is 2.90. The Morgan fingerprint density at radius 1 is 1.48 bits per heavy atom. The largest absolute Gasteiger partial charge is 0.369 e. The summed E-state index contributed by atoms with van der Waals surface area (Å²) in [7, 11) is 3.96. The minimum atomic E-state index is -0.0564. The Morgan fingerprint density at radius 2 is 2.29 bits per heavy atom. The zero-order chi connectivity index (χ0) is 15.2. The van der Waals surface area contributed by atoms with Crippen LogP contribution in [0, 0.1) is 5.92 Å². The Kier molecular flexibility index (Phi) is 5.50. The molecule has 1 N–H and O–H groups in total. The Balaban J connectivity index is 1.89. The van der Waals surface area contributed by atoms with E-state index >= 15 is 0 Å². The molecule has 6 heteroatoms. The summed E-state index contributed by atoms with van der Waals surface area (Å²) in [5, 5.41) is 11.2. The van der Waals surface area contributed by atoms with Crippen LogP contribution in [0.1, 0.15) is 30.3 Å². The van der Waals surface area contributed by atoms with Crippen molar-refractivity contribution in [3.05, 3.63) is 17.8 Å². The molecule has 0 radical (unpaired) electrons. The van der Waals surface area contributed by atoms with Gasteiger partial charge in [-0.1, -0.05) is 6.92 Å². The number of hydrogen-bond donors (Lipinski definition) is 1. The van der Waals surface area contributed by atoms with Crippen molar-refractivity contribution in [2.45, 2.75) is 19.8 Å². The second-order valence-electron chi connectivity index (χ2n) is 5.83. The molecule has 1 aliphatic heterocycles. The highest BCUT2D eigenvalue weighted by atomic mass is 16.2. The van der Waals surface area contributed by atoms with Gasteiger partial charge in [-0.25, -0.2) is 0 Å². The maximum absolute atomic E-state index is 12.3. The molecule has 21 heavy (non-hydrogen) atoms. The van der Waals surface area contributed by atoms with Gasteiger partial charge in [0.25, 0.3) is 5.91 Å². The van der Waals surface area contributed by atoms with E-state index in [9.17, 15) is 4.79 Å². The van der Waals surface area contributed by atoms with Gasteiger partial charge in [0, 0.05) is 26.7 Å². The second kappa shape index (κ2) is 7.36. The van der Waals surface area contributed by atoms with Gasteiger partial charge in [0.1, 0.15) is 5.82 Å². The van der Waals surface area contributed by atoms with Crippen LogP contribution in [-0.4, -0.2) is 66.2 Å². The fourth-order valence-corrected chi connectivity index (χ4v) is 2.63. The topological polar surface area (TPSA) is 61.4 Å². The normalized spacial score (nSPS) is 18.7. The number of nitrogens with zero attached hydrogens (tertiary/aromatic N) is 4. The molecule has 1 aromatic heterocycles. The van der Waals surface area contributed by atoms with Crippen LogP contribution in [0.25, 0.3) is 0 Å². The lowest BCUT2D eigenvalue weighted by Gasteiger charge is -2.20. The van der Waals surface area contributed by atoms with Crippen molar-refractivity contribution in [3.63, 3.8) is 0 Å². The lowest BCUT2D eigenvalue weighted by atomic mass is 10.1. The average molecular weight is 291 g/mol. The SMILES string of the molecule is CCCNc1ccc(C(=O)N(C)CC2CCN(C)C2)nn1. The summed E-state index contributed by atoms with van der Waals surface area (Å²) in [4.78, 5) is 16.4. The number of rotatable bonds is 6. The molecule has 2 rings (SSSR count). The maximum atomic E-state index is 12.3. The van der Waals surface area contributed by atoms with Gasteiger partial charge < -0.3 is 15.1 Å². The van der Waals surface area contributed by atoms with E-state index in [4.69, 9.17) is 0 Å². The zero-order valence-corrected chi connectivity index (χ0v) is 13.2. The van der Waals surface area contributed by atoms with Crippen LogP contribution in [0.15, 0.2) is 12.1 Å². The summed E-state index contributed by atoms with van der Waals surface area (Å²) in [6, 6.07) is 3.55. The highest BCUT2D eigenvalue weighted by molar-refractivity contribution is 5.92. The Hall–Kier alpha value is -1.69. The van der Waals surface area contributed by atoms with Crippen molar-refractivity contribution in [2.75, 3.05) is 45.6 Å². The summed E-state index contributed by atoms with van der Waals surface area (Å²) >= 11 is 0. The van der Waals surface area contributed by atoms with Crippen LogP contribution in [0.4, 0.5) is 5.82 Å². The molecule has 0 aliphatic carbocycles. The molecule has 0 aromatic carbocycles. The summed E-state index contributed by atoms with van der Waals surface area (Å²) < 4.78 is 0. The van der Waals surface area contributed by atoms with Gasteiger partial charge in [0.05, 0.1) is 0 Å². The Morgan fingerprint density at radius 3 is 2.86 bits per heavy atom. The summed E-state index contributed by atoms with van der Waals surface area (Å²) in [6.45, 7) is 5.90. The first-order valence-electron chi connectivity index (χ1n) is 7.61. The number of carbonyl (C=O) groups excluding carboxylic acids is 1. The van der Waals surface area contributed by atoms with Gasteiger partial charge in [-0.3, -0.25) is 4.79 Å². The third-order valence-electron chi connectivity index (χ3n) is 3.81. The summed E-state index contributed by atoms with van der Waals surface area (Å²) in [6.07, 6.45) is 2.18. The number of carbonyl (C=O) groups is 1. The van der Waals surface area contributed by atoms with E-state index in [-0.39, 0.29) is 5.91 Å². The van der Waals surface area contributed by atoms with Gasteiger partial charge >= 0.3 is 0 Å². The van der Waals surface area contributed by atoms with Gasteiger partial charge in [-0.2, -0.15) is 0 Å². The Bertz CT molecular complexity index is 462. The second-order valence-corrected chi connectivity index (χ2v) is 5.83. The van der Waals surface area contributed by atoms with Crippen LogP contribution < -0.4 is 5.32 Å². The molecule has 6 nitrogen and oxygen atoms in total. The predicted octanol–water partition coefficient (Wildman–Crippen LogP) is 1.32. The molecular weight excluding hydrogens is 266 g/mol. The van der Waals surface area contributed by atoms with Crippen molar-refractivity contribution in [3.8, 4) is 0 Å². The minimum absolute atomic E-state index is 0.0564. The highest BCUT2D eigenvalue weighted by Gasteiger charge is 2.23. The van der Waals surface area contributed by atoms with Crippen molar-refractivity contribution in [1.82, 2.24) is 20.0 Å². The fourth-order valence-electron chi connectivity index (χ4n) is 2.63. The number of hydrogen-bond acceptors (Lipinski definition) is 5. The fraction of sp³-hybridized carbons (Fsp3) is 0.667. The first-order chi connectivity index (χ1) is 10.1. The monoisotopic (exact) mass is 291 g/mol. The van der Waals surface area contributed by atoms with Crippen LogP contribution in [-0.2, 0) is 0 Å². The molecule has 0 spiro atoms. The quantitative estimate of drug-likeness (QED) is 0.856. The van der Waals surface area contributed by atoms with Crippen molar-refractivity contribution in [2.24, 2.45) is 5.92 Å². The molecule has 116 valence electrons. The molecule has 2 heterocycles. The molecule has 1 fully saturated rings. The number of nitrogens with one attached hydrogen (secondary N) is 1. The van der Waals surface area contributed by atoms with Crippen LogP contribution in [0.3, 0.4) is 0 Å². The number of likely N-dealkylation sites (tertiary alicyclic amines) is 1. The minimum Gasteiger partial charge on any atom is -0.369 e. The Labute approximate surface area is 126 Å². The highest BCUT2D eigenvalue weighted by Crippen LogP contribution is 2.16. The molecule has 0 saturated carbocycles. The molecule has 0 bridgehead atoms. The third kappa shape index (κ3) is 4.39. The summed E-state index contributed by atoms with van der Waals surface area (Å²) in [5.41, 5.74) is 0.408. The van der Waals surface area contributed by atoms with Gasteiger partial charge in [0.15, 0.2) is 5.69 Å². The van der Waals surface area contributed by atoms with Crippen molar-refractivity contribution < 1.29 is 4.79 Å². The smallest absolute Gasteiger partial charge is 0.274 e. The maximum Gasteiger partial charge on any atom is 0.274 e. The molecular formula is C15H25N5O. The molecule has 1 atom stereocenters. The third-order valence-corrected chi connectivity index (χ3v) is 3.81. The lowest BCUT2D eigenvalue weighted by Crippen LogP contribution is -2.33. The first kappa shape index (κ1) is 15.7. The molecule has 1 aromatic rings. The van der Waals surface area contributed by atoms with E-state index in [1.807, 2.05) is 13.1 Å².